The Balaban J connectivity index is 1.07. The summed E-state index contributed by atoms with van der Waals surface area (Å²) >= 11 is 1.86. The highest BCUT2D eigenvalue weighted by atomic mass is 32.1. The SMILES string of the molecule is c1ccc(-c2ccc(-c3ccccc3N(c3ccc(-c4ccc5c(c4)sc4ccccc45)cc3)c3ccccc3-c3ccccc3-c3ccccc3-c3ccccc3)cc2)cc1. The third-order valence-electron chi connectivity index (χ3n) is 11.9. The van der Waals surface area contributed by atoms with Crippen LogP contribution in [0.5, 0.6) is 0 Å². The van der Waals surface area contributed by atoms with Gasteiger partial charge in [-0.05, 0) is 92.0 Å². The summed E-state index contributed by atoms with van der Waals surface area (Å²) in [6.07, 6.45) is 0. The topological polar surface area (TPSA) is 3.24 Å². The molecule has 0 radical (unpaired) electrons. The second kappa shape index (κ2) is 16.3. The Kier molecular flexibility index (Phi) is 9.82. The van der Waals surface area contributed by atoms with Gasteiger partial charge in [-0.1, -0.05) is 212 Å². The second-order valence-corrected chi connectivity index (χ2v) is 16.7. The van der Waals surface area contributed by atoms with Crippen molar-refractivity contribution < 1.29 is 0 Å². The molecular formula is C60H41NS. The fourth-order valence-corrected chi connectivity index (χ4v) is 10.1. The number of hydrogen-bond acceptors (Lipinski definition) is 2. The van der Waals surface area contributed by atoms with Crippen molar-refractivity contribution in [1.82, 2.24) is 0 Å². The first-order valence-corrected chi connectivity index (χ1v) is 22.0. The average molecular weight is 808 g/mol. The summed E-state index contributed by atoms with van der Waals surface area (Å²) in [4.78, 5) is 2.45. The van der Waals surface area contributed by atoms with Gasteiger partial charge in [-0.25, -0.2) is 0 Å². The van der Waals surface area contributed by atoms with Gasteiger partial charge >= 0.3 is 0 Å². The monoisotopic (exact) mass is 807 g/mol. The van der Waals surface area contributed by atoms with Crippen molar-refractivity contribution >= 4 is 48.6 Å². The fourth-order valence-electron chi connectivity index (χ4n) is 8.94. The van der Waals surface area contributed by atoms with Gasteiger partial charge in [0.25, 0.3) is 0 Å². The van der Waals surface area contributed by atoms with E-state index in [2.05, 4.69) is 254 Å². The molecule has 2 heteroatoms. The van der Waals surface area contributed by atoms with Crippen LogP contribution in [0.15, 0.2) is 249 Å². The van der Waals surface area contributed by atoms with Crippen molar-refractivity contribution in [3.05, 3.63) is 249 Å². The summed E-state index contributed by atoms with van der Waals surface area (Å²) in [6.45, 7) is 0. The first-order chi connectivity index (χ1) is 30.8. The van der Waals surface area contributed by atoms with Crippen LogP contribution in [-0.4, -0.2) is 0 Å². The van der Waals surface area contributed by atoms with Crippen molar-refractivity contribution in [3.63, 3.8) is 0 Å². The lowest BCUT2D eigenvalue weighted by Crippen LogP contribution is -2.12. The van der Waals surface area contributed by atoms with Gasteiger partial charge in [-0.3, -0.25) is 0 Å². The van der Waals surface area contributed by atoms with Gasteiger partial charge in [-0.15, -0.1) is 11.3 Å². The molecule has 0 amide bonds. The van der Waals surface area contributed by atoms with E-state index in [4.69, 9.17) is 0 Å². The van der Waals surface area contributed by atoms with E-state index in [-0.39, 0.29) is 0 Å². The van der Waals surface area contributed by atoms with Crippen LogP contribution < -0.4 is 4.90 Å². The standard InChI is InChI=1S/C60H41NS/c1-3-17-42(18-4-1)43-31-33-46(34-32-43)50-22-11-14-28-57(50)61(48-38-35-44(36-39-48)47-37-40-56-55-27-13-16-30-59(55)62-60(56)41-47)58-29-15-12-26-54(58)53-25-10-9-24-52(53)51-23-8-7-21-49(51)45-19-5-2-6-20-45/h1-41H. The van der Waals surface area contributed by atoms with Crippen LogP contribution in [0.1, 0.15) is 0 Å². The van der Waals surface area contributed by atoms with Crippen LogP contribution in [-0.2, 0) is 0 Å². The van der Waals surface area contributed by atoms with Crippen LogP contribution in [0, 0.1) is 0 Å². The summed E-state index contributed by atoms with van der Waals surface area (Å²) < 4.78 is 2.63. The van der Waals surface area contributed by atoms with Crippen LogP contribution in [0.4, 0.5) is 17.1 Å². The van der Waals surface area contributed by atoms with Crippen LogP contribution >= 0.6 is 11.3 Å². The molecule has 1 nitrogen and oxygen atoms in total. The molecule has 1 aromatic heterocycles. The second-order valence-electron chi connectivity index (χ2n) is 15.6. The lowest BCUT2D eigenvalue weighted by Gasteiger charge is -2.30. The molecule has 0 unspecified atom stereocenters. The maximum atomic E-state index is 2.45. The van der Waals surface area contributed by atoms with Crippen LogP contribution in [0.25, 0.3) is 86.9 Å². The minimum Gasteiger partial charge on any atom is -0.309 e. The van der Waals surface area contributed by atoms with Gasteiger partial charge in [0.15, 0.2) is 0 Å². The van der Waals surface area contributed by atoms with E-state index >= 15 is 0 Å². The summed E-state index contributed by atoms with van der Waals surface area (Å²) in [5.74, 6) is 0. The number of benzene rings is 10. The Morgan fingerprint density at radius 1 is 0.242 bits per heavy atom. The van der Waals surface area contributed by atoms with E-state index in [1.54, 1.807) is 0 Å². The van der Waals surface area contributed by atoms with Crippen LogP contribution in [0.3, 0.4) is 0 Å². The number of anilines is 3. The maximum Gasteiger partial charge on any atom is 0.0540 e. The number of hydrogen-bond donors (Lipinski definition) is 0. The predicted octanol–water partition coefficient (Wildman–Crippen LogP) is 17.5. The zero-order valence-corrected chi connectivity index (χ0v) is 34.8. The zero-order chi connectivity index (χ0) is 41.2. The van der Waals surface area contributed by atoms with Gasteiger partial charge in [0.2, 0.25) is 0 Å². The summed E-state index contributed by atoms with van der Waals surface area (Å²) in [5.41, 5.74) is 17.6. The number of para-hydroxylation sites is 2. The van der Waals surface area contributed by atoms with Crippen molar-refractivity contribution in [2.24, 2.45) is 0 Å². The number of rotatable bonds is 9. The molecular weight excluding hydrogens is 767 g/mol. The quantitative estimate of drug-likeness (QED) is 0.140. The van der Waals surface area contributed by atoms with Gasteiger partial charge < -0.3 is 4.90 Å². The Morgan fingerprint density at radius 3 is 1.34 bits per heavy atom. The molecule has 0 aliphatic heterocycles. The fraction of sp³-hybridized carbons (Fsp3) is 0. The molecule has 62 heavy (non-hydrogen) atoms. The Bertz CT molecular complexity index is 3330. The highest BCUT2D eigenvalue weighted by molar-refractivity contribution is 7.25. The molecule has 292 valence electrons. The van der Waals surface area contributed by atoms with E-state index in [1.165, 1.54) is 70.2 Å². The van der Waals surface area contributed by atoms with E-state index in [0.717, 1.165) is 33.8 Å². The van der Waals surface area contributed by atoms with Crippen molar-refractivity contribution in [2.45, 2.75) is 0 Å². The molecule has 11 rings (SSSR count). The first-order valence-electron chi connectivity index (χ1n) is 21.2. The molecule has 10 aromatic carbocycles. The molecule has 0 spiro atoms. The minimum atomic E-state index is 1.08. The highest BCUT2D eigenvalue weighted by Gasteiger charge is 2.22. The lowest BCUT2D eigenvalue weighted by atomic mass is 9.88. The number of fused-ring (bicyclic) bond motifs is 3. The molecule has 11 aromatic rings. The lowest BCUT2D eigenvalue weighted by molar-refractivity contribution is 1.28. The molecule has 0 bridgehead atoms. The van der Waals surface area contributed by atoms with Crippen LogP contribution in [0.2, 0.25) is 0 Å². The van der Waals surface area contributed by atoms with E-state index in [1.807, 2.05) is 11.3 Å². The summed E-state index contributed by atoms with van der Waals surface area (Å²) in [5, 5.41) is 2.64. The van der Waals surface area contributed by atoms with Crippen molar-refractivity contribution in [3.8, 4) is 66.8 Å². The maximum absolute atomic E-state index is 2.45. The number of thiophene rings is 1. The minimum absolute atomic E-state index is 1.08. The van der Waals surface area contributed by atoms with Gasteiger partial charge in [0, 0.05) is 37.0 Å². The third kappa shape index (κ3) is 6.97. The molecule has 1 heterocycles. The van der Waals surface area contributed by atoms with E-state index in [9.17, 15) is 0 Å². The molecule has 0 fully saturated rings. The zero-order valence-electron chi connectivity index (χ0n) is 34.0. The first kappa shape index (κ1) is 37.2. The normalized spacial score (nSPS) is 11.2. The highest BCUT2D eigenvalue weighted by Crippen LogP contribution is 2.48. The molecule has 0 saturated heterocycles. The average Bonchev–Trinajstić information content (AvgIpc) is 3.73. The summed E-state index contributed by atoms with van der Waals surface area (Å²) in [7, 11) is 0. The Labute approximate surface area is 367 Å². The largest absolute Gasteiger partial charge is 0.309 e. The van der Waals surface area contributed by atoms with E-state index < -0.39 is 0 Å². The number of nitrogens with zero attached hydrogens (tertiary/aromatic N) is 1. The predicted molar refractivity (Wildman–Crippen MR) is 267 cm³/mol. The van der Waals surface area contributed by atoms with Gasteiger partial charge in [0.05, 0.1) is 11.4 Å². The van der Waals surface area contributed by atoms with Crippen molar-refractivity contribution in [1.29, 1.82) is 0 Å². The molecule has 0 saturated carbocycles. The summed E-state index contributed by atoms with van der Waals surface area (Å²) in [6, 6.07) is 90.4. The molecule has 0 N–H and O–H groups in total. The molecule has 0 aliphatic rings. The smallest absolute Gasteiger partial charge is 0.0540 e. The Hall–Kier alpha value is -7.78. The van der Waals surface area contributed by atoms with Gasteiger partial charge in [0.1, 0.15) is 0 Å². The molecule has 0 atom stereocenters. The van der Waals surface area contributed by atoms with E-state index in [0.29, 0.717) is 0 Å². The Morgan fingerprint density at radius 2 is 0.645 bits per heavy atom. The molecule has 0 aliphatic carbocycles. The third-order valence-corrected chi connectivity index (χ3v) is 13.1. The van der Waals surface area contributed by atoms with Crippen molar-refractivity contribution in [2.75, 3.05) is 4.90 Å². The van der Waals surface area contributed by atoms with Gasteiger partial charge in [-0.2, -0.15) is 0 Å².